The van der Waals surface area contributed by atoms with Crippen LogP contribution in [0.2, 0.25) is 0 Å². The molecular weight excluding hydrogens is 588 g/mol. The molecule has 1 aromatic heterocycles. The molecule has 1 aliphatic rings. The van der Waals surface area contributed by atoms with Gasteiger partial charge in [0.2, 0.25) is 10.0 Å². The van der Waals surface area contributed by atoms with Crippen LogP contribution in [0.4, 0.5) is 14.5 Å². The predicted octanol–water partition coefficient (Wildman–Crippen LogP) is 5.86. The molecule has 0 aliphatic heterocycles. The summed E-state index contributed by atoms with van der Waals surface area (Å²) in [7, 11) is -3.85. The van der Waals surface area contributed by atoms with Crippen molar-refractivity contribution in [2.45, 2.75) is 24.8 Å². The molecule has 224 valence electrons. The van der Waals surface area contributed by atoms with Crippen molar-refractivity contribution in [1.82, 2.24) is 5.32 Å². The SMILES string of the molecule is CS(=O)(=O)Nc1cc2oc(Cc3ccc(F)cc3)c(C(N)=O)c2cc1-c1cc(C(=O)NC2(c3ccccc3)CC2)ccc1F. The van der Waals surface area contributed by atoms with Gasteiger partial charge in [0.15, 0.2) is 0 Å². The van der Waals surface area contributed by atoms with Crippen molar-refractivity contribution in [2.24, 2.45) is 5.73 Å². The van der Waals surface area contributed by atoms with Crippen molar-refractivity contribution in [3.63, 3.8) is 0 Å². The van der Waals surface area contributed by atoms with Gasteiger partial charge in [-0.2, -0.15) is 0 Å². The first-order chi connectivity index (χ1) is 20.9. The average Bonchev–Trinajstić information content (AvgIpc) is 3.67. The minimum Gasteiger partial charge on any atom is -0.460 e. The lowest BCUT2D eigenvalue weighted by atomic mass is 9.96. The summed E-state index contributed by atoms with van der Waals surface area (Å²) < 4.78 is 61.9. The van der Waals surface area contributed by atoms with Crippen LogP contribution in [-0.4, -0.2) is 26.5 Å². The molecule has 0 radical (unpaired) electrons. The molecule has 0 bridgehead atoms. The van der Waals surface area contributed by atoms with E-state index in [0.29, 0.717) is 5.56 Å². The number of sulfonamides is 1. The van der Waals surface area contributed by atoms with Gasteiger partial charge in [-0.15, -0.1) is 0 Å². The highest BCUT2D eigenvalue weighted by Crippen LogP contribution is 2.46. The lowest BCUT2D eigenvalue weighted by Crippen LogP contribution is -2.34. The smallest absolute Gasteiger partial charge is 0.252 e. The third kappa shape index (κ3) is 5.78. The normalized spacial score (nSPS) is 13.9. The average molecular weight is 616 g/mol. The predicted molar refractivity (Wildman–Crippen MR) is 163 cm³/mol. The van der Waals surface area contributed by atoms with E-state index in [1.807, 2.05) is 30.3 Å². The van der Waals surface area contributed by atoms with E-state index in [4.69, 9.17) is 10.2 Å². The molecule has 0 unspecified atom stereocenters. The molecule has 6 rings (SSSR count). The topological polar surface area (TPSA) is 132 Å². The molecule has 8 nitrogen and oxygen atoms in total. The molecule has 44 heavy (non-hydrogen) atoms. The number of amides is 2. The second-order valence-electron chi connectivity index (χ2n) is 10.9. The van der Waals surface area contributed by atoms with E-state index in [9.17, 15) is 22.4 Å². The highest BCUT2D eigenvalue weighted by Gasteiger charge is 2.45. The first kappa shape index (κ1) is 29.1. The summed E-state index contributed by atoms with van der Waals surface area (Å²) in [5.74, 6) is -2.23. The largest absolute Gasteiger partial charge is 0.460 e. The number of anilines is 1. The quantitative estimate of drug-likeness (QED) is 0.191. The second kappa shape index (κ2) is 10.9. The van der Waals surface area contributed by atoms with Crippen molar-refractivity contribution in [1.29, 1.82) is 0 Å². The van der Waals surface area contributed by atoms with E-state index in [-0.39, 0.29) is 51.1 Å². The number of fused-ring (bicyclic) bond motifs is 1. The van der Waals surface area contributed by atoms with Crippen LogP contribution >= 0.6 is 0 Å². The minimum absolute atomic E-state index is 0.0179. The van der Waals surface area contributed by atoms with Crippen LogP contribution in [0.25, 0.3) is 22.1 Å². The first-order valence-corrected chi connectivity index (χ1v) is 15.6. The Bertz CT molecular complexity index is 2040. The fraction of sp³-hybridized carbons (Fsp3) is 0.152. The fourth-order valence-electron chi connectivity index (χ4n) is 5.41. The maximum Gasteiger partial charge on any atom is 0.252 e. The van der Waals surface area contributed by atoms with Crippen molar-refractivity contribution in [2.75, 3.05) is 11.0 Å². The molecule has 1 saturated carbocycles. The van der Waals surface area contributed by atoms with Crippen molar-refractivity contribution in [3.8, 4) is 11.1 Å². The Labute approximate surface area is 251 Å². The minimum atomic E-state index is -3.85. The van der Waals surface area contributed by atoms with Gasteiger partial charge in [0.1, 0.15) is 23.0 Å². The Morgan fingerprint density at radius 1 is 0.932 bits per heavy atom. The lowest BCUT2D eigenvalue weighted by molar-refractivity contribution is 0.0929. The van der Waals surface area contributed by atoms with Crippen LogP contribution in [0, 0.1) is 11.6 Å². The van der Waals surface area contributed by atoms with E-state index in [2.05, 4.69) is 10.0 Å². The van der Waals surface area contributed by atoms with Gasteiger partial charge in [-0.1, -0.05) is 42.5 Å². The Balaban J connectivity index is 1.45. The number of furan rings is 1. The summed E-state index contributed by atoms with van der Waals surface area (Å²) in [6.07, 6.45) is 2.54. The molecule has 1 heterocycles. The van der Waals surface area contributed by atoms with Crippen LogP contribution in [-0.2, 0) is 22.0 Å². The van der Waals surface area contributed by atoms with Gasteiger partial charge in [0.25, 0.3) is 11.8 Å². The summed E-state index contributed by atoms with van der Waals surface area (Å²) in [6, 6.07) is 21.7. The summed E-state index contributed by atoms with van der Waals surface area (Å²) in [4.78, 5) is 26.0. The van der Waals surface area contributed by atoms with Crippen molar-refractivity contribution < 1.29 is 31.2 Å². The third-order valence-electron chi connectivity index (χ3n) is 7.67. The number of rotatable bonds is 9. The van der Waals surface area contributed by atoms with E-state index in [0.717, 1.165) is 30.7 Å². The molecule has 2 amide bonds. The number of hydrogen-bond donors (Lipinski definition) is 3. The summed E-state index contributed by atoms with van der Waals surface area (Å²) in [6.45, 7) is 0. The van der Waals surface area contributed by atoms with Gasteiger partial charge in [-0.3, -0.25) is 14.3 Å². The van der Waals surface area contributed by atoms with Gasteiger partial charge in [0, 0.05) is 34.6 Å². The number of hydrogen-bond acceptors (Lipinski definition) is 5. The Kier molecular flexibility index (Phi) is 7.21. The molecule has 0 spiro atoms. The zero-order valence-electron chi connectivity index (χ0n) is 23.5. The molecule has 1 fully saturated rings. The highest BCUT2D eigenvalue weighted by molar-refractivity contribution is 7.92. The van der Waals surface area contributed by atoms with Crippen molar-refractivity contribution in [3.05, 3.63) is 125 Å². The third-order valence-corrected chi connectivity index (χ3v) is 8.26. The number of carbonyl (C=O) groups is 2. The number of nitrogens with one attached hydrogen (secondary N) is 2. The fourth-order valence-corrected chi connectivity index (χ4v) is 5.98. The number of carbonyl (C=O) groups excluding carboxylic acids is 2. The van der Waals surface area contributed by atoms with Crippen LogP contribution in [0.3, 0.4) is 0 Å². The van der Waals surface area contributed by atoms with E-state index in [1.165, 1.54) is 48.5 Å². The lowest BCUT2D eigenvalue weighted by Gasteiger charge is -2.19. The van der Waals surface area contributed by atoms with Crippen LogP contribution in [0.5, 0.6) is 0 Å². The van der Waals surface area contributed by atoms with Crippen LogP contribution < -0.4 is 15.8 Å². The highest BCUT2D eigenvalue weighted by atomic mass is 32.2. The Morgan fingerprint density at radius 2 is 1.64 bits per heavy atom. The van der Waals surface area contributed by atoms with E-state index in [1.54, 1.807) is 0 Å². The molecule has 11 heteroatoms. The molecule has 0 atom stereocenters. The van der Waals surface area contributed by atoms with Crippen LogP contribution in [0.1, 0.15) is 50.4 Å². The Hall–Kier alpha value is -5.03. The summed E-state index contributed by atoms with van der Waals surface area (Å²) in [5.41, 5.74) is 7.09. The maximum absolute atomic E-state index is 15.5. The second-order valence-corrected chi connectivity index (χ2v) is 12.7. The summed E-state index contributed by atoms with van der Waals surface area (Å²) >= 11 is 0. The zero-order chi connectivity index (χ0) is 31.2. The van der Waals surface area contributed by atoms with E-state index < -0.39 is 39.0 Å². The van der Waals surface area contributed by atoms with Gasteiger partial charge in [0.05, 0.1) is 23.0 Å². The zero-order valence-corrected chi connectivity index (χ0v) is 24.3. The molecule has 1 aliphatic carbocycles. The van der Waals surface area contributed by atoms with Crippen LogP contribution in [0.15, 0.2) is 89.3 Å². The van der Waals surface area contributed by atoms with Gasteiger partial charge >= 0.3 is 0 Å². The molecule has 5 aromatic rings. The van der Waals surface area contributed by atoms with Gasteiger partial charge in [-0.25, -0.2) is 17.2 Å². The summed E-state index contributed by atoms with van der Waals surface area (Å²) in [5, 5.41) is 3.28. The molecule has 4 N–H and O–H groups in total. The number of benzene rings is 4. The number of halogens is 2. The molecular formula is C33H27F2N3O5S. The standard InChI is InChI=1S/C33H27F2N3O5S/c1-44(41,42)38-27-18-28-25(30(31(36)39)29(43-28)15-19-7-10-22(34)11-8-19)17-24(27)23-16-20(9-12-26(23)35)32(40)37-33(13-14-33)21-5-3-2-4-6-21/h2-12,16-18,38H,13-15H2,1H3,(H2,36,39)(H,37,40). The molecule has 4 aromatic carbocycles. The van der Waals surface area contributed by atoms with Gasteiger partial charge < -0.3 is 15.5 Å². The number of nitrogens with two attached hydrogens (primary N) is 1. The van der Waals surface area contributed by atoms with E-state index >= 15 is 4.39 Å². The van der Waals surface area contributed by atoms with Gasteiger partial charge in [-0.05, 0) is 60.4 Å². The first-order valence-electron chi connectivity index (χ1n) is 13.7. The molecule has 0 saturated heterocycles. The monoisotopic (exact) mass is 615 g/mol. The van der Waals surface area contributed by atoms with Crippen molar-refractivity contribution >= 4 is 38.5 Å². The number of primary amides is 1. The Morgan fingerprint density at radius 3 is 2.27 bits per heavy atom. The maximum atomic E-state index is 15.5.